The van der Waals surface area contributed by atoms with Gasteiger partial charge in [0.2, 0.25) is 0 Å². The first-order valence-corrected chi connectivity index (χ1v) is 11.2. The average Bonchev–Trinajstić information content (AvgIpc) is 3.34. The number of halogens is 3. The zero-order valence-corrected chi connectivity index (χ0v) is 19.0. The quantitative estimate of drug-likeness (QED) is 0.591. The first kappa shape index (κ1) is 22.7. The Labute approximate surface area is 191 Å². The number of anilines is 2. The number of aromatic nitrogens is 2. The lowest BCUT2D eigenvalue weighted by atomic mass is 9.96. The normalized spacial score (nSPS) is 21.1. The number of hydrogen-bond donors (Lipinski definition) is 0. The van der Waals surface area contributed by atoms with Crippen molar-refractivity contribution < 1.29 is 18.3 Å². The lowest BCUT2D eigenvalue weighted by molar-refractivity contribution is -0.117. The first-order chi connectivity index (χ1) is 15.2. The predicted molar refractivity (Wildman–Crippen MR) is 120 cm³/mol. The standard InChI is InChI=1S/C23H27ClF2N4O2/c1-15(11-16(2)31)17-3-5-18(6-4-17)32-19-7-9-29(12-19)21-20(24)22(28-14-27-21)30-10-8-23(25,26)13-30/h3-6,14-15,19H,7-13H2,1-2H3/t15-,19?/m1/s1. The van der Waals surface area contributed by atoms with Gasteiger partial charge in [0, 0.05) is 32.4 Å². The summed E-state index contributed by atoms with van der Waals surface area (Å²) in [7, 11) is 0. The van der Waals surface area contributed by atoms with Gasteiger partial charge in [-0.15, -0.1) is 0 Å². The highest BCUT2D eigenvalue weighted by molar-refractivity contribution is 6.35. The van der Waals surface area contributed by atoms with E-state index in [0.29, 0.717) is 36.2 Å². The van der Waals surface area contributed by atoms with E-state index in [0.717, 1.165) is 17.7 Å². The third-order valence-corrected chi connectivity index (χ3v) is 6.35. The number of carbonyl (C=O) groups is 1. The second kappa shape index (κ2) is 9.17. The van der Waals surface area contributed by atoms with E-state index in [-0.39, 0.29) is 37.3 Å². The number of alkyl halides is 2. The van der Waals surface area contributed by atoms with Crippen LogP contribution in [0.25, 0.3) is 0 Å². The molecule has 1 unspecified atom stereocenters. The predicted octanol–water partition coefficient (Wildman–Crippen LogP) is 4.72. The Balaban J connectivity index is 1.39. The van der Waals surface area contributed by atoms with Crippen LogP contribution in [0.3, 0.4) is 0 Å². The van der Waals surface area contributed by atoms with E-state index < -0.39 is 5.92 Å². The van der Waals surface area contributed by atoms with Gasteiger partial charge in [0.15, 0.2) is 11.6 Å². The zero-order valence-electron chi connectivity index (χ0n) is 18.2. The summed E-state index contributed by atoms with van der Waals surface area (Å²) in [5, 5.41) is 0.301. The number of carbonyl (C=O) groups excluding carboxylic acids is 1. The molecule has 0 amide bonds. The van der Waals surface area contributed by atoms with Crippen LogP contribution in [-0.4, -0.2) is 54.0 Å². The topological polar surface area (TPSA) is 58.6 Å². The molecule has 2 aromatic rings. The number of rotatable bonds is 7. The minimum Gasteiger partial charge on any atom is -0.489 e. The lowest BCUT2D eigenvalue weighted by Gasteiger charge is -2.23. The van der Waals surface area contributed by atoms with E-state index in [1.165, 1.54) is 11.2 Å². The SMILES string of the molecule is CC(=O)C[C@@H](C)c1ccc(OC2CCN(c3ncnc(N4CCC(F)(F)C4)c3Cl)C2)cc1. The largest absolute Gasteiger partial charge is 0.489 e. The smallest absolute Gasteiger partial charge is 0.266 e. The van der Waals surface area contributed by atoms with Crippen LogP contribution in [0.5, 0.6) is 5.75 Å². The van der Waals surface area contributed by atoms with Gasteiger partial charge in [0.25, 0.3) is 5.92 Å². The van der Waals surface area contributed by atoms with Crippen molar-refractivity contribution in [3.05, 3.63) is 41.2 Å². The van der Waals surface area contributed by atoms with Gasteiger partial charge in [0.05, 0.1) is 13.1 Å². The van der Waals surface area contributed by atoms with Gasteiger partial charge in [-0.3, -0.25) is 0 Å². The molecule has 0 N–H and O–H groups in total. The van der Waals surface area contributed by atoms with Crippen molar-refractivity contribution in [1.29, 1.82) is 0 Å². The van der Waals surface area contributed by atoms with E-state index in [9.17, 15) is 13.6 Å². The fourth-order valence-electron chi connectivity index (χ4n) is 4.34. The van der Waals surface area contributed by atoms with Crippen LogP contribution in [-0.2, 0) is 4.79 Å². The maximum Gasteiger partial charge on any atom is 0.266 e. The van der Waals surface area contributed by atoms with Gasteiger partial charge >= 0.3 is 0 Å². The summed E-state index contributed by atoms with van der Waals surface area (Å²) < 4.78 is 33.4. The molecule has 3 heterocycles. The maximum atomic E-state index is 13.6. The van der Waals surface area contributed by atoms with Crippen LogP contribution in [0.4, 0.5) is 20.4 Å². The lowest BCUT2D eigenvalue weighted by Crippen LogP contribution is -2.28. The number of ether oxygens (including phenoxy) is 1. The highest BCUT2D eigenvalue weighted by Gasteiger charge is 2.40. The summed E-state index contributed by atoms with van der Waals surface area (Å²) in [5.74, 6) is -0.702. The molecule has 2 atom stereocenters. The highest BCUT2D eigenvalue weighted by Crippen LogP contribution is 2.37. The average molecular weight is 465 g/mol. The number of hydrogen-bond acceptors (Lipinski definition) is 6. The molecular weight excluding hydrogens is 438 g/mol. The molecule has 0 spiro atoms. The summed E-state index contributed by atoms with van der Waals surface area (Å²) in [6, 6.07) is 7.85. The maximum absolute atomic E-state index is 13.6. The Morgan fingerprint density at radius 3 is 2.53 bits per heavy atom. The molecular formula is C23H27ClF2N4O2. The van der Waals surface area contributed by atoms with Gasteiger partial charge in [-0.25, -0.2) is 18.7 Å². The van der Waals surface area contributed by atoms with E-state index in [2.05, 4.69) is 9.97 Å². The first-order valence-electron chi connectivity index (χ1n) is 10.9. The molecule has 2 aliphatic rings. The second-order valence-corrected chi connectivity index (χ2v) is 9.09. The Hall–Kier alpha value is -2.48. The van der Waals surface area contributed by atoms with Crippen LogP contribution < -0.4 is 14.5 Å². The number of ketones is 1. The number of nitrogens with zero attached hydrogens (tertiary/aromatic N) is 4. The Kier molecular flexibility index (Phi) is 6.51. The van der Waals surface area contributed by atoms with Gasteiger partial charge in [-0.05, 0) is 30.5 Å². The minimum atomic E-state index is -2.72. The van der Waals surface area contributed by atoms with Crippen molar-refractivity contribution >= 4 is 29.0 Å². The monoisotopic (exact) mass is 464 g/mol. The van der Waals surface area contributed by atoms with Crippen molar-refractivity contribution in [3.63, 3.8) is 0 Å². The van der Waals surface area contributed by atoms with Crippen molar-refractivity contribution in [1.82, 2.24) is 9.97 Å². The van der Waals surface area contributed by atoms with Crippen molar-refractivity contribution in [3.8, 4) is 5.75 Å². The van der Waals surface area contributed by atoms with Crippen molar-refractivity contribution in [2.45, 2.75) is 51.1 Å². The Bertz CT molecular complexity index is 973. The van der Waals surface area contributed by atoms with Crippen LogP contribution in [0, 0.1) is 0 Å². The molecule has 2 aliphatic heterocycles. The molecule has 2 fully saturated rings. The summed E-state index contributed by atoms with van der Waals surface area (Å²) >= 11 is 6.53. The summed E-state index contributed by atoms with van der Waals surface area (Å²) in [6.45, 7) is 4.77. The van der Waals surface area contributed by atoms with Crippen molar-refractivity contribution in [2.75, 3.05) is 36.0 Å². The van der Waals surface area contributed by atoms with Gasteiger partial charge < -0.3 is 19.3 Å². The molecule has 1 aromatic carbocycles. The molecule has 172 valence electrons. The molecule has 9 heteroatoms. The van der Waals surface area contributed by atoms with Crippen LogP contribution in [0.1, 0.15) is 44.6 Å². The fraction of sp³-hybridized carbons (Fsp3) is 0.522. The molecule has 6 nitrogen and oxygen atoms in total. The van der Waals surface area contributed by atoms with E-state index in [4.69, 9.17) is 16.3 Å². The second-order valence-electron chi connectivity index (χ2n) is 8.71. The highest BCUT2D eigenvalue weighted by atomic mass is 35.5. The van der Waals surface area contributed by atoms with E-state index in [1.54, 1.807) is 6.92 Å². The molecule has 4 rings (SSSR count). The van der Waals surface area contributed by atoms with Gasteiger partial charge in [-0.1, -0.05) is 30.7 Å². The van der Waals surface area contributed by atoms with E-state index >= 15 is 0 Å². The third-order valence-electron chi connectivity index (χ3n) is 6.01. The van der Waals surface area contributed by atoms with E-state index in [1.807, 2.05) is 36.1 Å². The minimum absolute atomic E-state index is 0.0407. The number of benzene rings is 1. The molecule has 1 aromatic heterocycles. The van der Waals surface area contributed by atoms with Crippen LogP contribution in [0.2, 0.25) is 5.02 Å². The molecule has 0 saturated carbocycles. The molecule has 0 aliphatic carbocycles. The molecule has 32 heavy (non-hydrogen) atoms. The fourth-order valence-corrected chi connectivity index (χ4v) is 4.68. The summed E-state index contributed by atoms with van der Waals surface area (Å²) in [4.78, 5) is 23.3. The van der Waals surface area contributed by atoms with Crippen LogP contribution >= 0.6 is 11.6 Å². The molecule has 0 radical (unpaired) electrons. The zero-order chi connectivity index (χ0) is 22.9. The number of Topliss-reactive ketones (excluding diaryl/α,β-unsaturated/α-hetero) is 1. The molecule has 0 bridgehead atoms. The van der Waals surface area contributed by atoms with Crippen LogP contribution in [0.15, 0.2) is 30.6 Å². The van der Waals surface area contributed by atoms with Gasteiger partial charge in [0.1, 0.15) is 29.0 Å². The van der Waals surface area contributed by atoms with Crippen molar-refractivity contribution in [2.24, 2.45) is 0 Å². The van der Waals surface area contributed by atoms with Gasteiger partial charge in [-0.2, -0.15) is 0 Å². The summed E-state index contributed by atoms with van der Waals surface area (Å²) in [5.41, 5.74) is 1.10. The Morgan fingerprint density at radius 1 is 1.22 bits per heavy atom. The Morgan fingerprint density at radius 2 is 1.91 bits per heavy atom. The molecule has 2 saturated heterocycles. The third kappa shape index (κ3) is 5.11. The summed E-state index contributed by atoms with van der Waals surface area (Å²) in [6.07, 6.45) is 2.45.